The maximum absolute atomic E-state index is 13.1. The van der Waals surface area contributed by atoms with E-state index in [4.69, 9.17) is 4.52 Å². The van der Waals surface area contributed by atoms with Gasteiger partial charge in [-0.25, -0.2) is 0 Å². The van der Waals surface area contributed by atoms with Crippen LogP contribution in [-0.2, 0) is 6.54 Å². The fourth-order valence-electron chi connectivity index (χ4n) is 2.73. The summed E-state index contributed by atoms with van der Waals surface area (Å²) >= 11 is 0. The Kier molecular flexibility index (Phi) is 4.89. The second-order valence-corrected chi connectivity index (χ2v) is 7.25. The standard InChI is InChI=1S/C21H23N3O2/c1-15-10-8-9-13-17(15)20(25)24(21(2,3)4)14-18-22-19(23-26-18)16-11-6-5-7-12-16/h5-13H,14H2,1-4H3. The quantitative estimate of drug-likeness (QED) is 0.696. The number of amides is 1. The van der Waals surface area contributed by atoms with Gasteiger partial charge in [-0.2, -0.15) is 4.98 Å². The largest absolute Gasteiger partial charge is 0.337 e. The number of aromatic nitrogens is 2. The Morgan fingerprint density at radius 3 is 2.35 bits per heavy atom. The van der Waals surface area contributed by atoms with Gasteiger partial charge in [0, 0.05) is 16.7 Å². The van der Waals surface area contributed by atoms with Crippen molar-refractivity contribution in [2.24, 2.45) is 0 Å². The van der Waals surface area contributed by atoms with Crippen LogP contribution in [0.5, 0.6) is 0 Å². The lowest BCUT2D eigenvalue weighted by atomic mass is 10.0. The van der Waals surface area contributed by atoms with Gasteiger partial charge in [0.2, 0.25) is 11.7 Å². The SMILES string of the molecule is Cc1ccccc1C(=O)N(Cc1nc(-c2ccccc2)no1)C(C)(C)C. The van der Waals surface area contributed by atoms with Gasteiger partial charge >= 0.3 is 0 Å². The molecule has 0 saturated carbocycles. The highest BCUT2D eigenvalue weighted by Gasteiger charge is 2.30. The van der Waals surface area contributed by atoms with Crippen molar-refractivity contribution in [3.05, 3.63) is 71.6 Å². The first-order valence-electron chi connectivity index (χ1n) is 8.62. The Balaban J connectivity index is 1.88. The van der Waals surface area contributed by atoms with Crippen LogP contribution in [0.3, 0.4) is 0 Å². The fourth-order valence-corrected chi connectivity index (χ4v) is 2.73. The van der Waals surface area contributed by atoms with Crippen LogP contribution < -0.4 is 0 Å². The first-order chi connectivity index (χ1) is 12.4. The third-order valence-electron chi connectivity index (χ3n) is 4.22. The maximum Gasteiger partial charge on any atom is 0.255 e. The summed E-state index contributed by atoms with van der Waals surface area (Å²) in [6.45, 7) is 8.19. The highest BCUT2D eigenvalue weighted by atomic mass is 16.5. The van der Waals surface area contributed by atoms with Crippen molar-refractivity contribution < 1.29 is 9.32 Å². The first-order valence-corrected chi connectivity index (χ1v) is 8.62. The Bertz CT molecular complexity index is 895. The number of carbonyl (C=O) groups excluding carboxylic acids is 1. The summed E-state index contributed by atoms with van der Waals surface area (Å²) in [5, 5.41) is 4.05. The number of carbonyl (C=O) groups is 1. The molecular weight excluding hydrogens is 326 g/mol. The Morgan fingerprint density at radius 2 is 1.69 bits per heavy atom. The van der Waals surface area contributed by atoms with E-state index >= 15 is 0 Å². The van der Waals surface area contributed by atoms with E-state index in [9.17, 15) is 4.79 Å². The van der Waals surface area contributed by atoms with E-state index < -0.39 is 0 Å². The van der Waals surface area contributed by atoms with Crippen molar-refractivity contribution in [1.82, 2.24) is 15.0 Å². The van der Waals surface area contributed by atoms with Crippen LogP contribution in [0.4, 0.5) is 0 Å². The van der Waals surface area contributed by atoms with E-state index in [0.717, 1.165) is 11.1 Å². The fraction of sp³-hybridized carbons (Fsp3) is 0.286. The van der Waals surface area contributed by atoms with Crippen LogP contribution in [0.2, 0.25) is 0 Å². The van der Waals surface area contributed by atoms with Gasteiger partial charge in [0.15, 0.2) is 0 Å². The van der Waals surface area contributed by atoms with Gasteiger partial charge < -0.3 is 9.42 Å². The second-order valence-electron chi connectivity index (χ2n) is 7.25. The molecule has 1 aromatic heterocycles. The molecule has 0 aliphatic carbocycles. The van der Waals surface area contributed by atoms with Crippen LogP contribution in [0.25, 0.3) is 11.4 Å². The Hall–Kier alpha value is -2.95. The first kappa shape index (κ1) is 17.9. The van der Waals surface area contributed by atoms with Crippen molar-refractivity contribution in [2.75, 3.05) is 0 Å². The van der Waals surface area contributed by atoms with E-state index in [1.54, 1.807) is 4.90 Å². The van der Waals surface area contributed by atoms with Crippen LogP contribution in [0.15, 0.2) is 59.1 Å². The van der Waals surface area contributed by atoms with Crippen molar-refractivity contribution in [1.29, 1.82) is 0 Å². The molecule has 134 valence electrons. The summed E-state index contributed by atoms with van der Waals surface area (Å²) in [7, 11) is 0. The van der Waals surface area contributed by atoms with Crippen LogP contribution in [0.1, 0.15) is 42.6 Å². The van der Waals surface area contributed by atoms with Crippen molar-refractivity contribution in [3.63, 3.8) is 0 Å². The molecule has 5 heteroatoms. The third-order valence-corrected chi connectivity index (χ3v) is 4.22. The van der Waals surface area contributed by atoms with E-state index in [1.807, 2.05) is 82.3 Å². The van der Waals surface area contributed by atoms with E-state index in [2.05, 4.69) is 10.1 Å². The molecule has 3 aromatic rings. The maximum atomic E-state index is 13.1. The lowest BCUT2D eigenvalue weighted by molar-refractivity contribution is 0.0525. The summed E-state index contributed by atoms with van der Waals surface area (Å²) < 4.78 is 5.41. The van der Waals surface area contributed by atoms with Crippen LogP contribution in [0, 0.1) is 6.92 Å². The predicted molar refractivity (Wildman–Crippen MR) is 101 cm³/mol. The minimum absolute atomic E-state index is 0.0462. The molecule has 0 aliphatic rings. The molecule has 0 N–H and O–H groups in total. The van der Waals surface area contributed by atoms with E-state index in [0.29, 0.717) is 17.3 Å². The minimum Gasteiger partial charge on any atom is -0.337 e. The molecule has 1 amide bonds. The van der Waals surface area contributed by atoms with E-state index in [1.165, 1.54) is 0 Å². The van der Waals surface area contributed by atoms with Gasteiger partial charge in [-0.3, -0.25) is 4.79 Å². The topological polar surface area (TPSA) is 59.2 Å². The molecule has 3 rings (SSSR count). The molecule has 0 saturated heterocycles. The minimum atomic E-state index is -0.388. The molecule has 2 aromatic carbocycles. The molecular formula is C21H23N3O2. The summed E-state index contributed by atoms with van der Waals surface area (Å²) in [4.78, 5) is 19.4. The normalized spacial score (nSPS) is 11.4. The van der Waals surface area contributed by atoms with Crippen molar-refractivity contribution >= 4 is 5.91 Å². The molecule has 0 bridgehead atoms. The summed E-state index contributed by atoms with van der Waals surface area (Å²) in [5.41, 5.74) is 2.13. The molecule has 0 unspecified atom stereocenters. The third kappa shape index (κ3) is 3.82. The monoisotopic (exact) mass is 349 g/mol. The molecule has 0 radical (unpaired) electrons. The molecule has 1 heterocycles. The molecule has 26 heavy (non-hydrogen) atoms. The number of rotatable bonds is 4. The van der Waals surface area contributed by atoms with Crippen LogP contribution in [-0.4, -0.2) is 26.5 Å². The van der Waals surface area contributed by atoms with Gasteiger partial charge in [-0.15, -0.1) is 0 Å². The average Bonchev–Trinajstić information content (AvgIpc) is 3.08. The number of aryl methyl sites for hydroxylation is 1. The van der Waals surface area contributed by atoms with Gasteiger partial charge in [0.05, 0.1) is 0 Å². The summed E-state index contributed by atoms with van der Waals surface area (Å²) in [6.07, 6.45) is 0. The zero-order valence-electron chi connectivity index (χ0n) is 15.6. The lowest BCUT2D eigenvalue weighted by Gasteiger charge is -2.35. The van der Waals surface area contributed by atoms with Crippen molar-refractivity contribution in [3.8, 4) is 11.4 Å². The number of hydrogen-bond donors (Lipinski definition) is 0. The van der Waals surface area contributed by atoms with Crippen molar-refractivity contribution in [2.45, 2.75) is 39.8 Å². The number of hydrogen-bond acceptors (Lipinski definition) is 4. The molecule has 0 spiro atoms. The lowest BCUT2D eigenvalue weighted by Crippen LogP contribution is -2.45. The van der Waals surface area contributed by atoms with Gasteiger partial charge in [-0.1, -0.05) is 53.7 Å². The van der Waals surface area contributed by atoms with Gasteiger partial charge in [-0.05, 0) is 39.3 Å². The molecule has 5 nitrogen and oxygen atoms in total. The summed E-state index contributed by atoms with van der Waals surface area (Å²) in [5.74, 6) is 0.897. The zero-order chi connectivity index (χ0) is 18.7. The smallest absolute Gasteiger partial charge is 0.255 e. The highest BCUT2D eigenvalue weighted by molar-refractivity contribution is 5.96. The van der Waals surface area contributed by atoms with Gasteiger partial charge in [0.1, 0.15) is 6.54 Å². The Labute approximate surface area is 153 Å². The predicted octanol–water partition coefficient (Wildman–Crippen LogP) is 4.49. The molecule has 0 aliphatic heterocycles. The van der Waals surface area contributed by atoms with Crippen LogP contribution >= 0.6 is 0 Å². The van der Waals surface area contributed by atoms with Gasteiger partial charge in [0.25, 0.3) is 5.91 Å². The van der Waals surface area contributed by atoms with E-state index in [-0.39, 0.29) is 18.0 Å². The summed E-state index contributed by atoms with van der Waals surface area (Å²) in [6, 6.07) is 17.2. The zero-order valence-corrected chi connectivity index (χ0v) is 15.6. The number of nitrogens with zero attached hydrogens (tertiary/aromatic N) is 3. The number of benzene rings is 2. The second kappa shape index (κ2) is 7.12. The molecule has 0 atom stereocenters. The Morgan fingerprint density at radius 1 is 1.04 bits per heavy atom. The average molecular weight is 349 g/mol. The molecule has 0 fully saturated rings. The highest BCUT2D eigenvalue weighted by Crippen LogP contribution is 2.23.